The van der Waals surface area contributed by atoms with Gasteiger partial charge in [-0.2, -0.15) is 0 Å². The summed E-state index contributed by atoms with van der Waals surface area (Å²) >= 11 is 0. The van der Waals surface area contributed by atoms with Crippen LogP contribution in [-0.4, -0.2) is 34.4 Å². The molecule has 5 heteroatoms. The number of aromatic nitrogens is 1. The third-order valence-corrected chi connectivity index (χ3v) is 3.28. The van der Waals surface area contributed by atoms with Gasteiger partial charge in [0, 0.05) is 31.5 Å². The number of ether oxygens (including phenoxy) is 1. The van der Waals surface area contributed by atoms with Gasteiger partial charge in [0.25, 0.3) is 5.91 Å². The minimum Gasteiger partial charge on any atom is -0.456 e. The summed E-state index contributed by atoms with van der Waals surface area (Å²) in [7, 11) is 1.74. The van der Waals surface area contributed by atoms with Crippen LogP contribution in [0.3, 0.4) is 0 Å². The predicted octanol–water partition coefficient (Wildman–Crippen LogP) is 3.31. The van der Waals surface area contributed by atoms with Crippen LogP contribution >= 0.6 is 0 Å². The number of amides is 1. The molecule has 0 saturated carbocycles. The number of pyridine rings is 1. The lowest BCUT2D eigenvalue weighted by atomic mass is 10.1. The van der Waals surface area contributed by atoms with E-state index in [0.29, 0.717) is 17.7 Å². The lowest BCUT2D eigenvalue weighted by molar-refractivity contribution is 0.00693. The van der Waals surface area contributed by atoms with E-state index < -0.39 is 11.6 Å². The van der Waals surface area contributed by atoms with Gasteiger partial charge in [0.05, 0.1) is 5.56 Å². The van der Waals surface area contributed by atoms with Gasteiger partial charge in [0.15, 0.2) is 0 Å². The van der Waals surface area contributed by atoms with Crippen molar-refractivity contribution in [2.75, 3.05) is 7.05 Å². The van der Waals surface area contributed by atoms with Gasteiger partial charge in [0.2, 0.25) is 0 Å². The molecule has 0 aliphatic rings. The quantitative estimate of drug-likeness (QED) is 0.809. The van der Waals surface area contributed by atoms with E-state index in [-0.39, 0.29) is 5.91 Å². The van der Waals surface area contributed by atoms with Crippen molar-refractivity contribution in [1.29, 1.82) is 0 Å². The third-order valence-electron chi connectivity index (χ3n) is 3.28. The summed E-state index contributed by atoms with van der Waals surface area (Å²) in [6, 6.07) is 10.3. The van der Waals surface area contributed by atoms with Gasteiger partial charge in [0.1, 0.15) is 5.60 Å². The Morgan fingerprint density at radius 3 is 2.08 bits per heavy atom. The van der Waals surface area contributed by atoms with Gasteiger partial charge < -0.3 is 9.64 Å². The van der Waals surface area contributed by atoms with Gasteiger partial charge >= 0.3 is 5.97 Å². The first kappa shape index (κ1) is 17.7. The zero-order valence-electron chi connectivity index (χ0n) is 14.4. The average Bonchev–Trinajstić information content (AvgIpc) is 2.53. The summed E-state index contributed by atoms with van der Waals surface area (Å²) in [5.74, 6) is -0.505. The molecule has 0 fully saturated rings. The van der Waals surface area contributed by atoms with Crippen molar-refractivity contribution in [3.63, 3.8) is 0 Å². The fourth-order valence-electron chi connectivity index (χ4n) is 2.14. The van der Waals surface area contributed by atoms with Gasteiger partial charge in [-0.05, 0) is 62.7 Å². The molecule has 0 aliphatic carbocycles. The summed E-state index contributed by atoms with van der Waals surface area (Å²) in [6.07, 6.45) is 3.40. The molecular formula is C19H22N2O3. The second-order valence-corrected chi connectivity index (χ2v) is 6.60. The minimum absolute atomic E-state index is 0.109. The Bertz CT molecular complexity index is 704. The highest BCUT2D eigenvalue weighted by Crippen LogP contribution is 2.14. The number of carbonyl (C=O) groups excluding carboxylic acids is 2. The Labute approximate surface area is 142 Å². The number of rotatable bonds is 4. The minimum atomic E-state index is -0.545. The highest BCUT2D eigenvalue weighted by Gasteiger charge is 2.18. The summed E-state index contributed by atoms with van der Waals surface area (Å²) in [5.41, 5.74) is 1.42. The summed E-state index contributed by atoms with van der Waals surface area (Å²) in [6.45, 7) is 5.94. The number of carbonyl (C=O) groups is 2. The SMILES string of the molecule is CN(Cc1ccncc1)C(=O)c1ccc(C(=O)OC(C)(C)C)cc1. The van der Waals surface area contributed by atoms with Crippen LogP contribution in [-0.2, 0) is 11.3 Å². The van der Waals surface area contributed by atoms with E-state index in [1.807, 2.05) is 32.9 Å². The van der Waals surface area contributed by atoms with Crippen molar-refractivity contribution in [2.45, 2.75) is 32.9 Å². The molecule has 1 amide bonds. The zero-order chi connectivity index (χ0) is 17.7. The van der Waals surface area contributed by atoms with Crippen molar-refractivity contribution in [3.05, 3.63) is 65.5 Å². The zero-order valence-corrected chi connectivity index (χ0v) is 14.4. The monoisotopic (exact) mass is 326 g/mol. The van der Waals surface area contributed by atoms with E-state index in [1.165, 1.54) is 0 Å². The van der Waals surface area contributed by atoms with E-state index in [4.69, 9.17) is 4.74 Å². The molecular weight excluding hydrogens is 304 g/mol. The molecule has 1 heterocycles. The first-order chi connectivity index (χ1) is 11.3. The van der Waals surface area contributed by atoms with E-state index in [9.17, 15) is 9.59 Å². The van der Waals surface area contributed by atoms with Crippen LogP contribution in [0.1, 0.15) is 47.1 Å². The number of esters is 1. The van der Waals surface area contributed by atoms with Crippen molar-refractivity contribution in [3.8, 4) is 0 Å². The fraction of sp³-hybridized carbons (Fsp3) is 0.316. The first-order valence-electron chi connectivity index (χ1n) is 7.74. The smallest absolute Gasteiger partial charge is 0.338 e. The van der Waals surface area contributed by atoms with E-state index >= 15 is 0 Å². The summed E-state index contributed by atoms with van der Waals surface area (Å²) < 4.78 is 5.31. The Hall–Kier alpha value is -2.69. The maximum atomic E-state index is 12.5. The van der Waals surface area contributed by atoms with E-state index in [0.717, 1.165) is 5.56 Å². The standard InChI is InChI=1S/C19H22N2O3/c1-19(2,3)24-18(23)16-7-5-15(6-8-16)17(22)21(4)13-14-9-11-20-12-10-14/h5-12H,13H2,1-4H3. The maximum absolute atomic E-state index is 12.5. The molecule has 24 heavy (non-hydrogen) atoms. The lowest BCUT2D eigenvalue weighted by Gasteiger charge is -2.20. The number of benzene rings is 1. The molecule has 2 aromatic rings. The second-order valence-electron chi connectivity index (χ2n) is 6.60. The number of nitrogens with zero attached hydrogens (tertiary/aromatic N) is 2. The third kappa shape index (κ3) is 4.91. The molecule has 126 valence electrons. The predicted molar refractivity (Wildman–Crippen MR) is 91.6 cm³/mol. The van der Waals surface area contributed by atoms with Gasteiger partial charge in [-0.15, -0.1) is 0 Å². The van der Waals surface area contributed by atoms with Gasteiger partial charge in [-0.25, -0.2) is 4.79 Å². The van der Waals surface area contributed by atoms with Crippen LogP contribution in [0.5, 0.6) is 0 Å². The van der Waals surface area contributed by atoms with Crippen LogP contribution in [0.2, 0.25) is 0 Å². The molecule has 0 aliphatic heterocycles. The first-order valence-corrected chi connectivity index (χ1v) is 7.74. The Kier molecular flexibility index (Phi) is 5.34. The Balaban J connectivity index is 2.04. The van der Waals surface area contributed by atoms with Crippen LogP contribution < -0.4 is 0 Å². The largest absolute Gasteiger partial charge is 0.456 e. The normalized spacial score (nSPS) is 11.0. The molecule has 0 unspecified atom stereocenters. The molecule has 1 aromatic carbocycles. The van der Waals surface area contributed by atoms with Crippen LogP contribution in [0.15, 0.2) is 48.8 Å². The number of hydrogen-bond acceptors (Lipinski definition) is 4. The summed E-state index contributed by atoms with van der Waals surface area (Å²) in [5, 5.41) is 0. The number of hydrogen-bond donors (Lipinski definition) is 0. The second kappa shape index (κ2) is 7.25. The molecule has 1 aromatic heterocycles. The van der Waals surface area contributed by atoms with E-state index in [1.54, 1.807) is 48.6 Å². The molecule has 5 nitrogen and oxygen atoms in total. The molecule has 0 saturated heterocycles. The van der Waals surface area contributed by atoms with Crippen molar-refractivity contribution in [2.24, 2.45) is 0 Å². The maximum Gasteiger partial charge on any atom is 0.338 e. The molecule has 0 N–H and O–H groups in total. The van der Waals surface area contributed by atoms with Gasteiger partial charge in [-0.3, -0.25) is 9.78 Å². The average molecular weight is 326 g/mol. The Morgan fingerprint density at radius 2 is 1.54 bits per heavy atom. The lowest BCUT2D eigenvalue weighted by Crippen LogP contribution is -2.26. The highest BCUT2D eigenvalue weighted by molar-refractivity contribution is 5.96. The topological polar surface area (TPSA) is 59.5 Å². The van der Waals surface area contributed by atoms with Crippen LogP contribution in [0.25, 0.3) is 0 Å². The van der Waals surface area contributed by atoms with Crippen molar-refractivity contribution in [1.82, 2.24) is 9.88 Å². The Morgan fingerprint density at radius 1 is 1.00 bits per heavy atom. The van der Waals surface area contributed by atoms with E-state index in [2.05, 4.69) is 4.98 Å². The van der Waals surface area contributed by atoms with Crippen LogP contribution in [0.4, 0.5) is 0 Å². The summed E-state index contributed by atoms with van der Waals surface area (Å²) in [4.78, 5) is 30.0. The fourth-order valence-corrected chi connectivity index (χ4v) is 2.14. The van der Waals surface area contributed by atoms with Crippen molar-refractivity contribution >= 4 is 11.9 Å². The molecule has 0 radical (unpaired) electrons. The molecule has 2 rings (SSSR count). The van der Waals surface area contributed by atoms with Gasteiger partial charge in [-0.1, -0.05) is 0 Å². The van der Waals surface area contributed by atoms with Crippen LogP contribution in [0, 0.1) is 0 Å². The highest BCUT2D eigenvalue weighted by atomic mass is 16.6. The molecule has 0 spiro atoms. The molecule has 0 atom stereocenters. The van der Waals surface area contributed by atoms with Crippen molar-refractivity contribution < 1.29 is 14.3 Å². The molecule has 0 bridgehead atoms.